The zero-order valence-corrected chi connectivity index (χ0v) is 8.19. The van der Waals surface area contributed by atoms with Crippen LogP contribution in [0.5, 0.6) is 0 Å². The average molecular weight is 195 g/mol. The molecule has 0 aromatic heterocycles. The standard InChI is InChI=1S/C9H19F2NO/c1-2-5-12-6-3-4-7-13-8-9(10)11/h9,12H,2-8H2,1H3. The number of alkyl halides is 2. The van der Waals surface area contributed by atoms with Gasteiger partial charge in [-0.3, -0.25) is 0 Å². The molecule has 0 radical (unpaired) electrons. The van der Waals surface area contributed by atoms with Crippen LogP contribution >= 0.6 is 0 Å². The molecule has 0 saturated carbocycles. The molecule has 0 aliphatic carbocycles. The minimum atomic E-state index is -2.33. The summed E-state index contributed by atoms with van der Waals surface area (Å²) in [6, 6.07) is 0. The van der Waals surface area contributed by atoms with Crippen molar-refractivity contribution >= 4 is 0 Å². The predicted octanol–water partition coefficient (Wildman–Crippen LogP) is 2.05. The van der Waals surface area contributed by atoms with Crippen LogP contribution in [-0.4, -0.2) is 32.7 Å². The molecular weight excluding hydrogens is 176 g/mol. The lowest BCUT2D eigenvalue weighted by Gasteiger charge is -2.04. The van der Waals surface area contributed by atoms with Gasteiger partial charge in [0.25, 0.3) is 6.43 Å². The maximum absolute atomic E-state index is 11.6. The second-order valence-corrected chi connectivity index (χ2v) is 2.92. The van der Waals surface area contributed by atoms with E-state index in [1.165, 1.54) is 0 Å². The van der Waals surface area contributed by atoms with Crippen molar-refractivity contribution < 1.29 is 13.5 Å². The van der Waals surface area contributed by atoms with Crippen molar-refractivity contribution in [2.24, 2.45) is 0 Å². The summed E-state index contributed by atoms with van der Waals surface area (Å²) in [5.74, 6) is 0. The molecule has 1 N–H and O–H groups in total. The minimum absolute atomic E-state index is 0.428. The van der Waals surface area contributed by atoms with Crippen LogP contribution in [0.3, 0.4) is 0 Å². The minimum Gasteiger partial charge on any atom is -0.376 e. The monoisotopic (exact) mass is 195 g/mol. The summed E-state index contributed by atoms with van der Waals surface area (Å²) < 4.78 is 27.9. The Morgan fingerprint density at radius 1 is 1.23 bits per heavy atom. The maximum Gasteiger partial charge on any atom is 0.261 e. The SMILES string of the molecule is CCCNCCCCOCC(F)F. The highest BCUT2D eigenvalue weighted by Crippen LogP contribution is 1.94. The van der Waals surface area contributed by atoms with Crippen LogP contribution in [0, 0.1) is 0 Å². The Morgan fingerprint density at radius 3 is 2.62 bits per heavy atom. The van der Waals surface area contributed by atoms with Crippen LogP contribution < -0.4 is 5.32 Å². The van der Waals surface area contributed by atoms with Crippen molar-refractivity contribution in [3.05, 3.63) is 0 Å². The van der Waals surface area contributed by atoms with E-state index in [1.807, 2.05) is 0 Å². The molecule has 0 amide bonds. The number of unbranched alkanes of at least 4 members (excludes halogenated alkanes) is 1. The lowest BCUT2D eigenvalue weighted by Crippen LogP contribution is -2.16. The van der Waals surface area contributed by atoms with Crippen LogP contribution in [0.2, 0.25) is 0 Å². The molecule has 13 heavy (non-hydrogen) atoms. The molecule has 0 heterocycles. The number of halogens is 2. The number of hydrogen-bond acceptors (Lipinski definition) is 2. The highest BCUT2D eigenvalue weighted by atomic mass is 19.3. The van der Waals surface area contributed by atoms with Gasteiger partial charge < -0.3 is 10.1 Å². The van der Waals surface area contributed by atoms with Crippen molar-refractivity contribution in [1.82, 2.24) is 5.32 Å². The molecule has 0 spiro atoms. The Labute approximate surface area is 78.7 Å². The first kappa shape index (κ1) is 12.8. The van der Waals surface area contributed by atoms with Gasteiger partial charge in [0.2, 0.25) is 0 Å². The van der Waals surface area contributed by atoms with Crippen molar-refractivity contribution in [2.75, 3.05) is 26.3 Å². The van der Waals surface area contributed by atoms with Crippen LogP contribution in [0.1, 0.15) is 26.2 Å². The van der Waals surface area contributed by atoms with Gasteiger partial charge in [0.05, 0.1) is 0 Å². The van der Waals surface area contributed by atoms with E-state index in [4.69, 9.17) is 4.74 Å². The summed E-state index contributed by atoms with van der Waals surface area (Å²) in [4.78, 5) is 0. The maximum atomic E-state index is 11.6. The van der Waals surface area contributed by atoms with E-state index in [9.17, 15) is 8.78 Å². The van der Waals surface area contributed by atoms with E-state index in [0.717, 1.165) is 32.4 Å². The van der Waals surface area contributed by atoms with Crippen molar-refractivity contribution in [1.29, 1.82) is 0 Å². The van der Waals surface area contributed by atoms with E-state index < -0.39 is 13.0 Å². The molecule has 0 aliphatic heterocycles. The Bertz CT molecular complexity index is 102. The third-order valence-corrected chi connectivity index (χ3v) is 1.56. The molecule has 0 fully saturated rings. The Hall–Kier alpha value is -0.220. The molecule has 4 heteroatoms. The van der Waals surface area contributed by atoms with Crippen molar-refractivity contribution in [3.8, 4) is 0 Å². The van der Waals surface area contributed by atoms with Crippen LogP contribution in [0.4, 0.5) is 8.78 Å². The predicted molar refractivity (Wildman–Crippen MR) is 49.2 cm³/mol. The lowest BCUT2D eigenvalue weighted by atomic mass is 10.3. The van der Waals surface area contributed by atoms with Gasteiger partial charge >= 0.3 is 0 Å². The van der Waals surface area contributed by atoms with Gasteiger partial charge in [0, 0.05) is 6.61 Å². The Balaban J connectivity index is 2.84. The molecule has 2 nitrogen and oxygen atoms in total. The first-order valence-electron chi connectivity index (χ1n) is 4.84. The van der Waals surface area contributed by atoms with E-state index in [2.05, 4.69) is 12.2 Å². The summed E-state index contributed by atoms with van der Waals surface area (Å²) in [6.45, 7) is 4.10. The van der Waals surface area contributed by atoms with Gasteiger partial charge in [0.15, 0.2) is 0 Å². The van der Waals surface area contributed by atoms with Gasteiger partial charge in [-0.25, -0.2) is 8.78 Å². The highest BCUT2D eigenvalue weighted by molar-refractivity contribution is 4.46. The summed E-state index contributed by atoms with van der Waals surface area (Å²) in [5, 5.41) is 3.23. The third-order valence-electron chi connectivity index (χ3n) is 1.56. The molecule has 0 atom stereocenters. The summed E-state index contributed by atoms with van der Waals surface area (Å²) in [5.41, 5.74) is 0. The quantitative estimate of drug-likeness (QED) is 0.568. The van der Waals surface area contributed by atoms with Crippen LogP contribution in [0.15, 0.2) is 0 Å². The number of ether oxygens (including phenoxy) is 1. The van der Waals surface area contributed by atoms with E-state index in [1.54, 1.807) is 0 Å². The smallest absolute Gasteiger partial charge is 0.261 e. The average Bonchev–Trinajstić information content (AvgIpc) is 2.09. The molecule has 0 rings (SSSR count). The normalized spacial score (nSPS) is 11.1. The topological polar surface area (TPSA) is 21.3 Å². The first-order valence-corrected chi connectivity index (χ1v) is 4.84. The third kappa shape index (κ3) is 11.8. The van der Waals surface area contributed by atoms with E-state index >= 15 is 0 Å². The molecule has 80 valence electrons. The van der Waals surface area contributed by atoms with E-state index in [-0.39, 0.29) is 0 Å². The second kappa shape index (κ2) is 9.86. The summed E-state index contributed by atoms with van der Waals surface area (Å²) in [6.07, 6.45) is 0.632. The van der Waals surface area contributed by atoms with Crippen LogP contribution in [0.25, 0.3) is 0 Å². The lowest BCUT2D eigenvalue weighted by molar-refractivity contribution is 0.0163. The zero-order chi connectivity index (χ0) is 9.94. The Kier molecular flexibility index (Phi) is 9.70. The highest BCUT2D eigenvalue weighted by Gasteiger charge is 2.00. The molecule has 0 bridgehead atoms. The largest absolute Gasteiger partial charge is 0.376 e. The van der Waals surface area contributed by atoms with Gasteiger partial charge in [0.1, 0.15) is 6.61 Å². The van der Waals surface area contributed by atoms with Crippen molar-refractivity contribution in [3.63, 3.8) is 0 Å². The van der Waals surface area contributed by atoms with Gasteiger partial charge in [-0.05, 0) is 32.4 Å². The van der Waals surface area contributed by atoms with Gasteiger partial charge in [-0.1, -0.05) is 6.92 Å². The molecule has 0 aromatic carbocycles. The fourth-order valence-corrected chi connectivity index (χ4v) is 0.928. The second-order valence-electron chi connectivity index (χ2n) is 2.92. The van der Waals surface area contributed by atoms with Crippen molar-refractivity contribution in [2.45, 2.75) is 32.6 Å². The Morgan fingerprint density at radius 2 is 2.00 bits per heavy atom. The van der Waals surface area contributed by atoms with Gasteiger partial charge in [-0.15, -0.1) is 0 Å². The fourth-order valence-electron chi connectivity index (χ4n) is 0.928. The zero-order valence-electron chi connectivity index (χ0n) is 8.19. The molecular formula is C9H19F2NO. The summed E-state index contributed by atoms with van der Waals surface area (Å²) >= 11 is 0. The molecule has 0 aliphatic rings. The fraction of sp³-hybridized carbons (Fsp3) is 1.00. The molecule has 0 unspecified atom stereocenters. The molecule has 0 saturated heterocycles. The number of hydrogen-bond donors (Lipinski definition) is 1. The van der Waals surface area contributed by atoms with E-state index in [0.29, 0.717) is 6.61 Å². The van der Waals surface area contributed by atoms with Crippen LogP contribution in [-0.2, 0) is 4.74 Å². The van der Waals surface area contributed by atoms with Gasteiger partial charge in [-0.2, -0.15) is 0 Å². The summed E-state index contributed by atoms with van der Waals surface area (Å²) in [7, 11) is 0. The first-order chi connectivity index (χ1) is 6.27. The number of rotatable bonds is 9. The number of nitrogens with one attached hydrogen (secondary N) is 1. The molecule has 0 aromatic rings.